The molecular formula is C14H27N3O3. The monoisotopic (exact) mass is 285 g/mol. The van der Waals surface area contributed by atoms with E-state index in [-0.39, 0.29) is 23.8 Å². The highest BCUT2D eigenvalue weighted by atomic mass is 16.4. The Morgan fingerprint density at radius 1 is 1.35 bits per heavy atom. The van der Waals surface area contributed by atoms with Crippen LogP contribution < -0.4 is 11.5 Å². The van der Waals surface area contributed by atoms with Crippen molar-refractivity contribution in [1.82, 2.24) is 0 Å². The van der Waals surface area contributed by atoms with Crippen LogP contribution in [0.4, 0.5) is 0 Å². The minimum absolute atomic E-state index is 0.0463. The van der Waals surface area contributed by atoms with Gasteiger partial charge in [-0.1, -0.05) is 33.6 Å². The van der Waals surface area contributed by atoms with Gasteiger partial charge in [-0.15, -0.1) is 0 Å². The Bertz CT molecular complexity index is 365. The molecule has 6 N–H and O–H groups in total. The number of aliphatic hydroxyl groups excluding tert-OH is 1. The third-order valence-electron chi connectivity index (χ3n) is 4.78. The Morgan fingerprint density at radius 3 is 2.30 bits per heavy atom. The molecule has 0 spiro atoms. The Balaban J connectivity index is 3.03. The second-order valence-corrected chi connectivity index (χ2v) is 5.81. The number of carbonyl (C=O) groups is 1. The third-order valence-corrected chi connectivity index (χ3v) is 4.78. The molecule has 0 aromatic heterocycles. The maximum absolute atomic E-state index is 11.2. The van der Waals surface area contributed by atoms with Crippen molar-refractivity contribution in [3.05, 3.63) is 0 Å². The lowest BCUT2D eigenvalue weighted by atomic mass is 9.76. The summed E-state index contributed by atoms with van der Waals surface area (Å²) < 4.78 is 0. The lowest BCUT2D eigenvalue weighted by Crippen LogP contribution is -2.36. The van der Waals surface area contributed by atoms with Gasteiger partial charge >= 0.3 is 5.97 Å². The van der Waals surface area contributed by atoms with E-state index in [9.17, 15) is 15.0 Å². The number of aliphatic imine (C=N–C) groups is 1. The standard InChI is InChI=1S/C14H27N3O3/c1-4-8(5-2)7(3)11-10(17-14(15)16)6-9(12(11)18)13(19)20/h7-12,18H,4-6H2,1-3H3,(H,19,20)(H4,15,16,17)/t7?,9?,10?,11-,12?/m0/s1. The molecule has 6 nitrogen and oxygen atoms in total. The van der Waals surface area contributed by atoms with Gasteiger partial charge in [-0.25, -0.2) is 4.99 Å². The fraction of sp³-hybridized carbons (Fsp3) is 0.857. The first-order valence-corrected chi connectivity index (χ1v) is 7.32. The van der Waals surface area contributed by atoms with Crippen LogP contribution in [0.5, 0.6) is 0 Å². The zero-order valence-corrected chi connectivity index (χ0v) is 12.5. The quantitative estimate of drug-likeness (QED) is 0.424. The van der Waals surface area contributed by atoms with Crippen molar-refractivity contribution in [2.24, 2.45) is 40.1 Å². The molecule has 0 aromatic carbocycles. The van der Waals surface area contributed by atoms with Crippen LogP contribution in [0.15, 0.2) is 4.99 Å². The predicted molar refractivity (Wildman–Crippen MR) is 78.1 cm³/mol. The summed E-state index contributed by atoms with van der Waals surface area (Å²) in [7, 11) is 0. The first-order chi connectivity index (χ1) is 9.33. The summed E-state index contributed by atoms with van der Waals surface area (Å²) in [6.07, 6.45) is 1.39. The average Bonchev–Trinajstić information content (AvgIpc) is 2.66. The Hall–Kier alpha value is -1.30. The van der Waals surface area contributed by atoms with Crippen LogP contribution in [0.1, 0.15) is 40.0 Å². The molecule has 0 heterocycles. The second-order valence-electron chi connectivity index (χ2n) is 5.81. The zero-order chi connectivity index (χ0) is 15.4. The molecule has 1 rings (SSSR count). The summed E-state index contributed by atoms with van der Waals surface area (Å²) in [5, 5.41) is 19.6. The number of nitrogens with two attached hydrogens (primary N) is 2. The van der Waals surface area contributed by atoms with E-state index in [1.807, 2.05) is 0 Å². The molecule has 0 bridgehead atoms. The molecule has 5 atom stereocenters. The van der Waals surface area contributed by atoms with E-state index in [0.717, 1.165) is 12.8 Å². The lowest BCUT2D eigenvalue weighted by Gasteiger charge is -2.32. The molecule has 1 fully saturated rings. The van der Waals surface area contributed by atoms with Crippen LogP contribution in [0.2, 0.25) is 0 Å². The van der Waals surface area contributed by atoms with Gasteiger partial charge in [-0.05, 0) is 18.3 Å². The normalized spacial score (nSPS) is 31.2. The number of nitrogens with zero attached hydrogens (tertiary/aromatic N) is 1. The number of hydrogen-bond acceptors (Lipinski definition) is 3. The van der Waals surface area contributed by atoms with Crippen molar-refractivity contribution in [3.8, 4) is 0 Å². The Labute approximate surface area is 120 Å². The molecule has 0 radical (unpaired) electrons. The Kier molecular flexibility index (Phi) is 5.80. The van der Waals surface area contributed by atoms with Gasteiger partial charge in [0.05, 0.1) is 18.1 Å². The lowest BCUT2D eigenvalue weighted by molar-refractivity contribution is -0.145. The first kappa shape index (κ1) is 16.8. The average molecular weight is 285 g/mol. The van der Waals surface area contributed by atoms with Crippen molar-refractivity contribution in [2.45, 2.75) is 52.2 Å². The van der Waals surface area contributed by atoms with E-state index in [4.69, 9.17) is 11.5 Å². The van der Waals surface area contributed by atoms with Crippen LogP contribution in [0.25, 0.3) is 0 Å². The van der Waals surface area contributed by atoms with E-state index >= 15 is 0 Å². The van der Waals surface area contributed by atoms with Gasteiger partial charge in [0.25, 0.3) is 0 Å². The number of aliphatic carboxylic acids is 1. The van der Waals surface area contributed by atoms with Crippen LogP contribution >= 0.6 is 0 Å². The molecule has 1 saturated carbocycles. The molecule has 1 aliphatic rings. The summed E-state index contributed by atoms with van der Waals surface area (Å²) in [5.41, 5.74) is 10.9. The summed E-state index contributed by atoms with van der Waals surface area (Å²) in [6.45, 7) is 6.28. The molecule has 0 saturated heterocycles. The van der Waals surface area contributed by atoms with E-state index < -0.39 is 18.0 Å². The summed E-state index contributed by atoms with van der Waals surface area (Å²) in [4.78, 5) is 15.4. The molecule has 1 aliphatic carbocycles. The highest BCUT2D eigenvalue weighted by molar-refractivity contribution is 5.76. The second kappa shape index (κ2) is 6.92. The molecule has 116 valence electrons. The highest BCUT2D eigenvalue weighted by Gasteiger charge is 2.49. The molecule has 0 aromatic rings. The SMILES string of the molecule is CCC(CC)C(C)[C@H]1C(N=C(N)N)CC(C(=O)O)C1O. The predicted octanol–water partition coefficient (Wildman–Crippen LogP) is 0.782. The van der Waals surface area contributed by atoms with Gasteiger partial charge < -0.3 is 21.7 Å². The van der Waals surface area contributed by atoms with E-state index in [2.05, 4.69) is 25.8 Å². The molecule has 4 unspecified atom stereocenters. The van der Waals surface area contributed by atoms with Gasteiger partial charge in [0, 0.05) is 5.92 Å². The summed E-state index contributed by atoms with van der Waals surface area (Å²) in [5.74, 6) is -1.41. The van der Waals surface area contributed by atoms with Crippen molar-refractivity contribution >= 4 is 11.9 Å². The topological polar surface area (TPSA) is 122 Å². The fourth-order valence-electron chi connectivity index (χ4n) is 3.64. The van der Waals surface area contributed by atoms with E-state index in [1.165, 1.54) is 0 Å². The number of guanidine groups is 1. The van der Waals surface area contributed by atoms with Gasteiger partial charge in [-0.3, -0.25) is 4.79 Å². The van der Waals surface area contributed by atoms with Crippen molar-refractivity contribution < 1.29 is 15.0 Å². The van der Waals surface area contributed by atoms with Crippen LogP contribution in [0.3, 0.4) is 0 Å². The van der Waals surface area contributed by atoms with Crippen LogP contribution in [0, 0.1) is 23.7 Å². The number of rotatable bonds is 6. The third kappa shape index (κ3) is 3.42. The largest absolute Gasteiger partial charge is 0.481 e. The van der Waals surface area contributed by atoms with Gasteiger partial charge in [-0.2, -0.15) is 0 Å². The van der Waals surface area contributed by atoms with Gasteiger partial charge in [0.1, 0.15) is 0 Å². The number of aliphatic hydroxyl groups is 1. The van der Waals surface area contributed by atoms with Crippen molar-refractivity contribution in [1.29, 1.82) is 0 Å². The maximum atomic E-state index is 11.2. The molecular weight excluding hydrogens is 258 g/mol. The molecule has 6 heteroatoms. The van der Waals surface area contributed by atoms with Crippen LogP contribution in [-0.4, -0.2) is 34.3 Å². The minimum Gasteiger partial charge on any atom is -0.481 e. The summed E-state index contributed by atoms with van der Waals surface area (Å²) >= 11 is 0. The number of carboxylic acids is 1. The number of carboxylic acid groups (broad SMARTS) is 1. The van der Waals surface area contributed by atoms with Crippen LogP contribution in [-0.2, 0) is 4.79 Å². The highest BCUT2D eigenvalue weighted by Crippen LogP contribution is 2.42. The molecule has 20 heavy (non-hydrogen) atoms. The smallest absolute Gasteiger partial charge is 0.309 e. The molecule has 0 amide bonds. The van der Waals surface area contributed by atoms with E-state index in [1.54, 1.807) is 0 Å². The molecule has 0 aliphatic heterocycles. The Morgan fingerprint density at radius 2 is 1.90 bits per heavy atom. The number of hydrogen-bond donors (Lipinski definition) is 4. The summed E-state index contributed by atoms with van der Waals surface area (Å²) in [6, 6.07) is -0.313. The van der Waals surface area contributed by atoms with Gasteiger partial charge in [0.15, 0.2) is 5.96 Å². The fourth-order valence-corrected chi connectivity index (χ4v) is 3.64. The van der Waals surface area contributed by atoms with E-state index in [0.29, 0.717) is 12.3 Å². The minimum atomic E-state index is -0.979. The zero-order valence-electron chi connectivity index (χ0n) is 12.5. The maximum Gasteiger partial charge on any atom is 0.309 e. The van der Waals surface area contributed by atoms with Gasteiger partial charge in [0.2, 0.25) is 0 Å². The van der Waals surface area contributed by atoms with Crippen molar-refractivity contribution in [2.75, 3.05) is 0 Å². The van der Waals surface area contributed by atoms with Crippen molar-refractivity contribution in [3.63, 3.8) is 0 Å². The first-order valence-electron chi connectivity index (χ1n) is 7.32.